The monoisotopic (exact) mass is 326 g/mol. The van der Waals surface area contributed by atoms with E-state index in [4.69, 9.17) is 0 Å². The SMILES string of the molecule is CC(c1ccccc1)N1CC(C(N=O)c2ccccc2F)CC1=O. The summed E-state index contributed by atoms with van der Waals surface area (Å²) in [7, 11) is 0. The van der Waals surface area contributed by atoms with Crippen LogP contribution in [-0.4, -0.2) is 17.4 Å². The van der Waals surface area contributed by atoms with Crippen molar-refractivity contribution in [1.82, 2.24) is 4.90 Å². The number of carbonyl (C=O) groups excluding carboxylic acids is 1. The second-order valence-electron chi connectivity index (χ2n) is 6.17. The molecule has 4 nitrogen and oxygen atoms in total. The number of nitrogens with zero attached hydrogens (tertiary/aromatic N) is 2. The van der Waals surface area contributed by atoms with Crippen molar-refractivity contribution in [2.24, 2.45) is 11.1 Å². The molecule has 2 aromatic rings. The van der Waals surface area contributed by atoms with Gasteiger partial charge < -0.3 is 4.90 Å². The van der Waals surface area contributed by atoms with Gasteiger partial charge in [-0.3, -0.25) is 4.79 Å². The number of benzene rings is 2. The Morgan fingerprint density at radius 2 is 1.79 bits per heavy atom. The molecule has 3 unspecified atom stereocenters. The first-order valence-electron chi connectivity index (χ1n) is 8.03. The Balaban J connectivity index is 1.81. The third-order valence-corrected chi connectivity index (χ3v) is 4.72. The van der Waals surface area contributed by atoms with Gasteiger partial charge in [0.1, 0.15) is 11.9 Å². The molecule has 1 aliphatic heterocycles. The largest absolute Gasteiger partial charge is 0.336 e. The average Bonchev–Trinajstić information content (AvgIpc) is 2.99. The summed E-state index contributed by atoms with van der Waals surface area (Å²) in [6.45, 7) is 2.36. The summed E-state index contributed by atoms with van der Waals surface area (Å²) in [5.74, 6) is -0.788. The summed E-state index contributed by atoms with van der Waals surface area (Å²) in [4.78, 5) is 25.5. The van der Waals surface area contributed by atoms with Gasteiger partial charge in [0.2, 0.25) is 5.91 Å². The highest BCUT2D eigenvalue weighted by molar-refractivity contribution is 5.79. The summed E-state index contributed by atoms with van der Waals surface area (Å²) in [6, 6.07) is 14.9. The van der Waals surface area contributed by atoms with Crippen molar-refractivity contribution in [3.05, 3.63) is 76.4 Å². The molecule has 0 bridgehead atoms. The minimum absolute atomic E-state index is 0.0265. The van der Waals surface area contributed by atoms with Gasteiger partial charge in [0.05, 0.1) is 6.04 Å². The molecule has 1 aliphatic rings. The first-order chi connectivity index (χ1) is 11.6. The smallest absolute Gasteiger partial charge is 0.223 e. The van der Waals surface area contributed by atoms with E-state index in [0.29, 0.717) is 6.54 Å². The topological polar surface area (TPSA) is 49.7 Å². The van der Waals surface area contributed by atoms with E-state index in [-0.39, 0.29) is 29.9 Å². The van der Waals surface area contributed by atoms with Crippen molar-refractivity contribution in [3.63, 3.8) is 0 Å². The van der Waals surface area contributed by atoms with Crippen molar-refractivity contribution >= 4 is 5.91 Å². The molecule has 1 fully saturated rings. The van der Waals surface area contributed by atoms with Gasteiger partial charge in [-0.2, -0.15) is 4.91 Å². The van der Waals surface area contributed by atoms with E-state index >= 15 is 0 Å². The minimum atomic E-state index is -0.844. The summed E-state index contributed by atoms with van der Waals surface area (Å²) < 4.78 is 14.0. The molecule has 0 aliphatic carbocycles. The van der Waals surface area contributed by atoms with Crippen LogP contribution in [0.15, 0.2) is 59.8 Å². The lowest BCUT2D eigenvalue weighted by Crippen LogP contribution is -2.29. The fraction of sp³-hybridized carbons (Fsp3) is 0.316. The summed E-state index contributed by atoms with van der Waals surface area (Å²) in [5, 5.41) is 3.13. The highest BCUT2D eigenvalue weighted by Gasteiger charge is 2.39. The Morgan fingerprint density at radius 1 is 1.12 bits per heavy atom. The van der Waals surface area contributed by atoms with E-state index < -0.39 is 11.9 Å². The molecule has 3 rings (SSSR count). The molecule has 0 N–H and O–H groups in total. The Morgan fingerprint density at radius 3 is 2.46 bits per heavy atom. The fourth-order valence-electron chi connectivity index (χ4n) is 3.37. The van der Waals surface area contributed by atoms with E-state index in [1.165, 1.54) is 6.07 Å². The van der Waals surface area contributed by atoms with Crippen molar-refractivity contribution < 1.29 is 9.18 Å². The second kappa shape index (κ2) is 6.91. The van der Waals surface area contributed by atoms with Crippen molar-refractivity contribution in [3.8, 4) is 0 Å². The quantitative estimate of drug-likeness (QED) is 0.772. The van der Waals surface area contributed by atoms with Crippen LogP contribution < -0.4 is 0 Å². The highest BCUT2D eigenvalue weighted by atomic mass is 19.1. The van der Waals surface area contributed by atoms with Crippen LogP contribution >= 0.6 is 0 Å². The highest BCUT2D eigenvalue weighted by Crippen LogP contribution is 2.37. The number of rotatable bonds is 5. The average molecular weight is 326 g/mol. The fourth-order valence-corrected chi connectivity index (χ4v) is 3.37. The molecule has 24 heavy (non-hydrogen) atoms. The van der Waals surface area contributed by atoms with Crippen LogP contribution in [0, 0.1) is 16.6 Å². The predicted octanol–water partition coefficient (Wildman–Crippen LogP) is 4.24. The van der Waals surface area contributed by atoms with Gasteiger partial charge in [-0.25, -0.2) is 4.39 Å². The molecule has 0 saturated carbocycles. The Labute approximate surface area is 140 Å². The Kier molecular flexibility index (Phi) is 4.69. The van der Waals surface area contributed by atoms with E-state index in [0.717, 1.165) is 5.56 Å². The zero-order chi connectivity index (χ0) is 17.1. The van der Waals surface area contributed by atoms with E-state index in [9.17, 15) is 14.1 Å². The molecule has 5 heteroatoms. The number of likely N-dealkylation sites (tertiary alicyclic amines) is 1. The molecular weight excluding hydrogens is 307 g/mol. The van der Waals surface area contributed by atoms with Crippen LogP contribution in [0.25, 0.3) is 0 Å². The van der Waals surface area contributed by atoms with Gasteiger partial charge in [0.15, 0.2) is 0 Å². The number of amides is 1. The Hall–Kier alpha value is -2.56. The van der Waals surface area contributed by atoms with E-state index in [1.54, 1.807) is 23.1 Å². The van der Waals surface area contributed by atoms with Crippen LogP contribution in [-0.2, 0) is 4.79 Å². The maximum absolute atomic E-state index is 14.0. The molecule has 0 radical (unpaired) electrons. The number of hydrogen-bond donors (Lipinski definition) is 0. The number of hydrogen-bond acceptors (Lipinski definition) is 3. The van der Waals surface area contributed by atoms with Crippen LogP contribution in [0.1, 0.15) is 36.6 Å². The summed E-state index contributed by atoms with van der Waals surface area (Å²) >= 11 is 0. The molecule has 1 saturated heterocycles. The van der Waals surface area contributed by atoms with Crippen LogP contribution in [0.3, 0.4) is 0 Å². The lowest BCUT2D eigenvalue weighted by Gasteiger charge is -2.26. The molecule has 3 atom stereocenters. The summed E-state index contributed by atoms with van der Waals surface area (Å²) in [5.41, 5.74) is 1.30. The second-order valence-corrected chi connectivity index (χ2v) is 6.17. The lowest BCUT2D eigenvalue weighted by molar-refractivity contribution is -0.129. The molecule has 1 heterocycles. The van der Waals surface area contributed by atoms with Gasteiger partial charge in [0.25, 0.3) is 0 Å². The molecule has 2 aromatic carbocycles. The predicted molar refractivity (Wildman–Crippen MR) is 89.6 cm³/mol. The number of nitroso groups, excluding NO2 is 1. The summed E-state index contributed by atoms with van der Waals surface area (Å²) in [6.07, 6.45) is 0.210. The Bertz CT molecular complexity index is 735. The zero-order valence-electron chi connectivity index (χ0n) is 13.4. The lowest BCUT2D eigenvalue weighted by atomic mass is 9.92. The maximum atomic E-state index is 14.0. The first kappa shape index (κ1) is 16.3. The van der Waals surface area contributed by atoms with Crippen molar-refractivity contribution in [2.45, 2.75) is 25.4 Å². The van der Waals surface area contributed by atoms with Crippen LogP contribution in [0.4, 0.5) is 4.39 Å². The maximum Gasteiger partial charge on any atom is 0.223 e. The van der Waals surface area contributed by atoms with Crippen molar-refractivity contribution in [2.75, 3.05) is 6.54 Å². The van der Waals surface area contributed by atoms with Gasteiger partial charge in [-0.15, -0.1) is 0 Å². The molecular formula is C19H19FN2O2. The molecule has 0 spiro atoms. The number of carbonyl (C=O) groups is 1. The van der Waals surface area contributed by atoms with Gasteiger partial charge in [-0.05, 0) is 18.6 Å². The number of halogens is 1. The van der Waals surface area contributed by atoms with E-state index in [1.807, 2.05) is 37.3 Å². The first-order valence-corrected chi connectivity index (χ1v) is 8.03. The zero-order valence-corrected chi connectivity index (χ0v) is 13.4. The third kappa shape index (κ3) is 3.07. The molecule has 0 aromatic heterocycles. The van der Waals surface area contributed by atoms with Crippen LogP contribution in [0.5, 0.6) is 0 Å². The minimum Gasteiger partial charge on any atom is -0.336 e. The van der Waals surface area contributed by atoms with E-state index in [2.05, 4.69) is 5.18 Å². The standard InChI is InChI=1S/C19H19FN2O2/c1-13(14-7-3-2-4-8-14)22-12-15(11-18(22)23)19(21-24)16-9-5-6-10-17(16)20/h2-10,13,15,19H,11-12H2,1H3. The normalized spacial score (nSPS) is 20.0. The molecule has 1 amide bonds. The van der Waals surface area contributed by atoms with Gasteiger partial charge in [-0.1, -0.05) is 53.7 Å². The molecule has 124 valence electrons. The van der Waals surface area contributed by atoms with Gasteiger partial charge >= 0.3 is 0 Å². The third-order valence-electron chi connectivity index (χ3n) is 4.72. The van der Waals surface area contributed by atoms with Crippen molar-refractivity contribution in [1.29, 1.82) is 0 Å². The van der Waals surface area contributed by atoms with Gasteiger partial charge in [0, 0.05) is 24.4 Å². The van der Waals surface area contributed by atoms with Crippen LogP contribution in [0.2, 0.25) is 0 Å².